The molecule has 11 heteroatoms. The van der Waals surface area contributed by atoms with Crippen LogP contribution in [0.4, 0.5) is 15.8 Å². The normalized spacial score (nSPS) is 17.8. The second-order valence-corrected chi connectivity index (χ2v) is 9.10. The van der Waals surface area contributed by atoms with Crippen molar-refractivity contribution in [1.29, 1.82) is 5.26 Å². The number of carbonyl (C=O) groups excluding carboxylic acids is 1. The van der Waals surface area contributed by atoms with Gasteiger partial charge in [0.1, 0.15) is 45.0 Å². The van der Waals surface area contributed by atoms with Crippen molar-refractivity contribution >= 4 is 39.0 Å². The van der Waals surface area contributed by atoms with Gasteiger partial charge in [-0.25, -0.2) is 14.4 Å². The molecule has 0 radical (unpaired) electrons. The van der Waals surface area contributed by atoms with E-state index in [0.717, 1.165) is 18.8 Å². The lowest BCUT2D eigenvalue weighted by molar-refractivity contribution is 0.0919. The Bertz CT molecular complexity index is 1300. The van der Waals surface area contributed by atoms with Crippen molar-refractivity contribution in [2.24, 2.45) is 0 Å². The number of fused-ring (bicyclic) bond motifs is 2. The van der Waals surface area contributed by atoms with E-state index >= 15 is 4.39 Å². The maximum Gasteiger partial charge on any atom is 0.263 e. The van der Waals surface area contributed by atoms with Gasteiger partial charge in [0, 0.05) is 44.4 Å². The van der Waals surface area contributed by atoms with Gasteiger partial charge in [-0.3, -0.25) is 4.79 Å². The lowest BCUT2D eigenvalue weighted by Crippen LogP contribution is -2.45. The van der Waals surface area contributed by atoms with Gasteiger partial charge in [-0.2, -0.15) is 5.26 Å². The summed E-state index contributed by atoms with van der Waals surface area (Å²) in [5, 5.41) is 15.9. The second kappa shape index (κ2) is 8.46. The topological polar surface area (TPSA) is 129 Å². The average molecular weight is 468 g/mol. The van der Waals surface area contributed by atoms with Crippen molar-refractivity contribution in [3.05, 3.63) is 39.8 Å². The van der Waals surface area contributed by atoms with Crippen molar-refractivity contribution in [2.75, 3.05) is 43.4 Å². The Morgan fingerprint density at radius 1 is 1.45 bits per heavy atom. The number of nitrogens with one attached hydrogen (secondary N) is 2. The molecule has 2 aliphatic rings. The molecule has 0 unspecified atom stereocenters. The molecule has 3 aromatic rings. The number of aromatic nitrogens is 2. The zero-order valence-electron chi connectivity index (χ0n) is 17.9. The van der Waals surface area contributed by atoms with Crippen LogP contribution in [0.15, 0.2) is 12.3 Å². The van der Waals surface area contributed by atoms with E-state index in [2.05, 4.69) is 26.7 Å². The Hall–Kier alpha value is -3.49. The predicted molar refractivity (Wildman–Crippen MR) is 123 cm³/mol. The number of rotatable bonds is 3. The van der Waals surface area contributed by atoms with E-state index in [9.17, 15) is 10.1 Å². The lowest BCUT2D eigenvalue weighted by atomic mass is 9.97. The summed E-state index contributed by atoms with van der Waals surface area (Å²) in [5.74, 6) is -0.561. The maximum absolute atomic E-state index is 15.1. The summed E-state index contributed by atoms with van der Waals surface area (Å²) in [6.45, 7) is 4.85. The lowest BCUT2D eigenvalue weighted by Gasteiger charge is -2.33. The Kier molecular flexibility index (Phi) is 5.47. The average Bonchev–Trinajstić information content (AvgIpc) is 3.15. The molecule has 1 saturated heterocycles. The number of nitrogens with zero attached hydrogens (tertiary/aromatic N) is 4. The summed E-state index contributed by atoms with van der Waals surface area (Å²) in [4.78, 5) is 24.5. The maximum atomic E-state index is 15.1. The summed E-state index contributed by atoms with van der Waals surface area (Å²) in [5.41, 5.74) is 8.81. The molecule has 2 aromatic heterocycles. The van der Waals surface area contributed by atoms with Crippen molar-refractivity contribution in [1.82, 2.24) is 20.6 Å². The van der Waals surface area contributed by atoms with Crippen molar-refractivity contribution < 1.29 is 13.9 Å². The van der Waals surface area contributed by atoms with Gasteiger partial charge < -0.3 is 26.0 Å². The Morgan fingerprint density at radius 3 is 3.00 bits per heavy atom. The van der Waals surface area contributed by atoms with Crippen LogP contribution in [-0.2, 0) is 6.42 Å². The number of benzene rings is 1. The first-order valence-electron chi connectivity index (χ1n) is 10.6. The first kappa shape index (κ1) is 21.4. The van der Waals surface area contributed by atoms with Crippen LogP contribution in [0.3, 0.4) is 0 Å². The number of nitriles is 1. The molecule has 1 atom stereocenters. The predicted octanol–water partition coefficient (Wildman–Crippen LogP) is 1.74. The molecule has 1 amide bonds. The minimum absolute atomic E-state index is 0.123. The fourth-order valence-corrected chi connectivity index (χ4v) is 5.24. The number of anilines is 2. The molecule has 1 fully saturated rings. The summed E-state index contributed by atoms with van der Waals surface area (Å²) in [6.07, 6.45) is 1.81. The smallest absolute Gasteiger partial charge is 0.263 e. The molecule has 4 N–H and O–H groups in total. The van der Waals surface area contributed by atoms with Gasteiger partial charge in [0.15, 0.2) is 0 Å². The zero-order valence-corrected chi connectivity index (χ0v) is 18.8. The number of halogens is 1. The molecular weight excluding hydrogens is 445 g/mol. The third kappa shape index (κ3) is 3.81. The summed E-state index contributed by atoms with van der Waals surface area (Å²) < 4.78 is 20.9. The number of thiophene rings is 1. The highest BCUT2D eigenvalue weighted by Gasteiger charge is 2.31. The highest BCUT2D eigenvalue weighted by molar-refractivity contribution is 7.21. The molecule has 0 bridgehead atoms. The third-order valence-electron chi connectivity index (χ3n) is 5.86. The zero-order chi connectivity index (χ0) is 23.1. The molecule has 9 nitrogen and oxygen atoms in total. The quantitative estimate of drug-likeness (QED) is 0.531. The van der Waals surface area contributed by atoms with Crippen molar-refractivity contribution in [3.63, 3.8) is 0 Å². The third-order valence-corrected chi connectivity index (χ3v) is 6.95. The summed E-state index contributed by atoms with van der Waals surface area (Å²) in [6, 6.07) is 3.12. The molecule has 33 heavy (non-hydrogen) atoms. The van der Waals surface area contributed by atoms with E-state index < -0.39 is 11.9 Å². The van der Waals surface area contributed by atoms with Crippen LogP contribution in [0.2, 0.25) is 0 Å². The fraction of sp³-hybridized carbons (Fsp3) is 0.364. The summed E-state index contributed by atoms with van der Waals surface area (Å²) >= 11 is 1.17. The van der Waals surface area contributed by atoms with Gasteiger partial charge in [-0.05, 0) is 13.0 Å². The number of hydrogen-bond donors (Lipinski definition) is 3. The largest absolute Gasteiger partial charge is 0.490 e. The number of nitrogens with two attached hydrogens (primary N) is 1. The van der Waals surface area contributed by atoms with Crippen molar-refractivity contribution in [3.8, 4) is 11.8 Å². The van der Waals surface area contributed by atoms with E-state index in [0.29, 0.717) is 45.1 Å². The first-order valence-corrected chi connectivity index (χ1v) is 11.4. The standard InChI is InChI=1S/C22H22FN7O2S/c1-11-9-27-18-17(25)20(33-22(18)28-11)21(31)29-12-6-13-15(23)7-16(30-4-2-26-3-5-30)14(8-24)19(13)32-10-12/h7,9,12,26H,2-6,10,25H2,1H3,(H,29,31)/t12-/m1/s1. The number of amides is 1. The van der Waals surface area contributed by atoms with Crippen LogP contribution in [-0.4, -0.2) is 54.7 Å². The minimum atomic E-state index is -0.469. The van der Waals surface area contributed by atoms with E-state index in [-0.39, 0.29) is 30.4 Å². The fourth-order valence-electron chi connectivity index (χ4n) is 4.24. The van der Waals surface area contributed by atoms with Gasteiger partial charge in [0.2, 0.25) is 0 Å². The van der Waals surface area contributed by atoms with Crippen molar-refractivity contribution in [2.45, 2.75) is 19.4 Å². The van der Waals surface area contributed by atoms with Crippen LogP contribution in [0.1, 0.15) is 26.5 Å². The van der Waals surface area contributed by atoms with E-state index in [4.69, 9.17) is 10.5 Å². The van der Waals surface area contributed by atoms with E-state index in [1.165, 1.54) is 17.4 Å². The Labute approximate surface area is 193 Å². The molecule has 2 aliphatic heterocycles. The number of hydrogen-bond acceptors (Lipinski definition) is 9. The monoisotopic (exact) mass is 467 g/mol. The SMILES string of the molecule is Cc1cnc2c(N)c(C(=O)N[C@H]3COc4c(C#N)c(N5CCNCC5)cc(F)c4C3)sc2n1. The van der Waals surface area contributed by atoms with Gasteiger partial charge in [-0.1, -0.05) is 0 Å². The molecule has 170 valence electrons. The van der Waals surface area contributed by atoms with Gasteiger partial charge in [0.05, 0.1) is 23.1 Å². The molecule has 0 spiro atoms. The molecular formula is C22H22FN7O2S. The number of nitrogen functional groups attached to an aromatic ring is 1. The molecule has 0 saturated carbocycles. The van der Waals surface area contributed by atoms with Crippen LogP contribution in [0.25, 0.3) is 10.3 Å². The molecule has 0 aliphatic carbocycles. The molecule has 5 rings (SSSR count). The number of aryl methyl sites for hydroxylation is 1. The number of carbonyl (C=O) groups is 1. The Balaban J connectivity index is 1.39. The van der Waals surface area contributed by atoms with Gasteiger partial charge in [-0.15, -0.1) is 11.3 Å². The molecule has 4 heterocycles. The van der Waals surface area contributed by atoms with Gasteiger partial charge >= 0.3 is 0 Å². The second-order valence-electron chi connectivity index (χ2n) is 8.10. The van der Waals surface area contributed by atoms with E-state index in [1.54, 1.807) is 6.20 Å². The van der Waals surface area contributed by atoms with Gasteiger partial charge in [0.25, 0.3) is 5.91 Å². The summed E-state index contributed by atoms with van der Waals surface area (Å²) in [7, 11) is 0. The van der Waals surface area contributed by atoms with Crippen LogP contribution < -0.4 is 26.0 Å². The van der Waals surface area contributed by atoms with Crippen LogP contribution >= 0.6 is 11.3 Å². The highest BCUT2D eigenvalue weighted by Crippen LogP contribution is 2.38. The van der Waals surface area contributed by atoms with E-state index in [1.807, 2.05) is 11.8 Å². The highest BCUT2D eigenvalue weighted by atomic mass is 32.1. The molecule has 1 aromatic carbocycles. The van der Waals surface area contributed by atoms with Crippen LogP contribution in [0, 0.1) is 24.1 Å². The number of piperazine rings is 1. The number of ether oxygens (including phenoxy) is 1. The minimum Gasteiger partial charge on any atom is -0.490 e. The first-order chi connectivity index (χ1) is 16.0. The van der Waals surface area contributed by atoms with Crippen LogP contribution in [0.5, 0.6) is 5.75 Å². The Morgan fingerprint density at radius 2 is 2.24 bits per heavy atom.